The first-order valence-corrected chi connectivity index (χ1v) is 7.07. The van der Waals surface area contributed by atoms with Crippen LogP contribution < -0.4 is 10.6 Å². The SMILES string of the molecule is CCCCNc1nc(Cl)nc(NC2CCCC2)n1. The van der Waals surface area contributed by atoms with Crippen LogP contribution in [0, 0.1) is 0 Å². The molecular formula is C12H20ClN5. The van der Waals surface area contributed by atoms with Crippen molar-refractivity contribution in [1.29, 1.82) is 0 Å². The second-order valence-electron chi connectivity index (χ2n) is 4.66. The molecule has 1 saturated carbocycles. The molecule has 2 rings (SSSR count). The van der Waals surface area contributed by atoms with E-state index in [1.54, 1.807) is 0 Å². The van der Waals surface area contributed by atoms with Crippen LogP contribution in [-0.4, -0.2) is 27.5 Å². The molecule has 2 N–H and O–H groups in total. The first-order valence-electron chi connectivity index (χ1n) is 6.70. The second-order valence-corrected chi connectivity index (χ2v) is 5.00. The summed E-state index contributed by atoms with van der Waals surface area (Å²) in [6.07, 6.45) is 7.15. The Morgan fingerprint density at radius 1 is 1.17 bits per heavy atom. The number of nitrogens with one attached hydrogen (secondary N) is 2. The lowest BCUT2D eigenvalue weighted by Crippen LogP contribution is -2.18. The van der Waals surface area contributed by atoms with Crippen LogP contribution in [-0.2, 0) is 0 Å². The van der Waals surface area contributed by atoms with Crippen molar-refractivity contribution < 1.29 is 0 Å². The first kappa shape index (κ1) is 13.3. The van der Waals surface area contributed by atoms with Crippen LogP contribution in [0.2, 0.25) is 5.28 Å². The van der Waals surface area contributed by atoms with Gasteiger partial charge in [-0.15, -0.1) is 0 Å². The fourth-order valence-corrected chi connectivity index (χ4v) is 2.28. The molecule has 0 bridgehead atoms. The van der Waals surface area contributed by atoms with Gasteiger partial charge in [0.15, 0.2) is 0 Å². The van der Waals surface area contributed by atoms with Crippen LogP contribution in [0.4, 0.5) is 11.9 Å². The van der Waals surface area contributed by atoms with Gasteiger partial charge in [0.05, 0.1) is 0 Å². The van der Waals surface area contributed by atoms with Crippen molar-refractivity contribution in [2.45, 2.75) is 51.5 Å². The van der Waals surface area contributed by atoms with Crippen molar-refractivity contribution in [2.75, 3.05) is 17.2 Å². The van der Waals surface area contributed by atoms with Gasteiger partial charge in [0.25, 0.3) is 0 Å². The molecule has 0 aliphatic heterocycles. The fraction of sp³-hybridized carbons (Fsp3) is 0.750. The Labute approximate surface area is 113 Å². The molecule has 100 valence electrons. The van der Waals surface area contributed by atoms with E-state index in [4.69, 9.17) is 11.6 Å². The Bertz CT molecular complexity index is 379. The molecule has 5 nitrogen and oxygen atoms in total. The van der Waals surface area contributed by atoms with Crippen LogP contribution in [0.1, 0.15) is 45.4 Å². The van der Waals surface area contributed by atoms with E-state index in [1.807, 2.05) is 0 Å². The third kappa shape index (κ3) is 3.98. The Morgan fingerprint density at radius 3 is 2.61 bits per heavy atom. The molecule has 0 spiro atoms. The van der Waals surface area contributed by atoms with Crippen LogP contribution in [0.15, 0.2) is 0 Å². The van der Waals surface area contributed by atoms with E-state index in [2.05, 4.69) is 32.5 Å². The number of anilines is 2. The van der Waals surface area contributed by atoms with Crippen LogP contribution in [0.5, 0.6) is 0 Å². The van der Waals surface area contributed by atoms with Gasteiger partial charge in [-0.05, 0) is 30.9 Å². The number of rotatable bonds is 6. The number of aromatic nitrogens is 3. The summed E-state index contributed by atoms with van der Waals surface area (Å²) < 4.78 is 0. The molecule has 0 saturated heterocycles. The maximum absolute atomic E-state index is 5.91. The highest BCUT2D eigenvalue weighted by Gasteiger charge is 2.16. The van der Waals surface area contributed by atoms with Gasteiger partial charge in [0.2, 0.25) is 17.2 Å². The summed E-state index contributed by atoms with van der Waals surface area (Å²) in [7, 11) is 0. The minimum absolute atomic E-state index is 0.240. The summed E-state index contributed by atoms with van der Waals surface area (Å²) in [6, 6.07) is 0.479. The predicted molar refractivity (Wildman–Crippen MR) is 74.1 cm³/mol. The minimum atomic E-state index is 0.240. The topological polar surface area (TPSA) is 62.7 Å². The average Bonchev–Trinajstić information content (AvgIpc) is 2.81. The van der Waals surface area contributed by atoms with Gasteiger partial charge in [0, 0.05) is 12.6 Å². The Balaban J connectivity index is 1.96. The molecule has 0 unspecified atom stereocenters. The summed E-state index contributed by atoms with van der Waals surface area (Å²) in [6.45, 7) is 3.01. The average molecular weight is 270 g/mol. The molecule has 1 fully saturated rings. The largest absolute Gasteiger partial charge is 0.354 e. The fourth-order valence-electron chi connectivity index (χ4n) is 2.12. The normalized spacial score (nSPS) is 15.9. The van der Waals surface area contributed by atoms with Gasteiger partial charge in [-0.2, -0.15) is 15.0 Å². The molecule has 1 heterocycles. The lowest BCUT2D eigenvalue weighted by atomic mass is 10.3. The molecule has 0 amide bonds. The Morgan fingerprint density at radius 2 is 1.89 bits per heavy atom. The second kappa shape index (κ2) is 6.73. The highest BCUT2D eigenvalue weighted by molar-refractivity contribution is 6.28. The Hall–Kier alpha value is -1.10. The van der Waals surface area contributed by atoms with Crippen LogP contribution in [0.25, 0.3) is 0 Å². The van der Waals surface area contributed by atoms with Gasteiger partial charge in [-0.3, -0.25) is 0 Å². The number of hydrogen-bond donors (Lipinski definition) is 2. The third-order valence-electron chi connectivity index (χ3n) is 3.11. The molecule has 0 aromatic carbocycles. The number of unbranched alkanes of at least 4 members (excludes halogenated alkanes) is 1. The highest BCUT2D eigenvalue weighted by atomic mass is 35.5. The van der Waals surface area contributed by atoms with E-state index in [-0.39, 0.29) is 5.28 Å². The van der Waals surface area contributed by atoms with E-state index < -0.39 is 0 Å². The molecule has 1 aromatic rings. The van der Waals surface area contributed by atoms with Gasteiger partial charge >= 0.3 is 0 Å². The maximum atomic E-state index is 5.91. The van der Waals surface area contributed by atoms with Gasteiger partial charge in [-0.1, -0.05) is 26.2 Å². The summed E-state index contributed by atoms with van der Waals surface area (Å²) >= 11 is 5.91. The summed E-state index contributed by atoms with van der Waals surface area (Å²) in [5.41, 5.74) is 0. The van der Waals surface area contributed by atoms with Crippen LogP contribution >= 0.6 is 11.6 Å². The predicted octanol–water partition coefficient (Wildman–Crippen LogP) is 3.09. The molecular weight excluding hydrogens is 250 g/mol. The van der Waals surface area contributed by atoms with Crippen molar-refractivity contribution >= 4 is 23.5 Å². The van der Waals surface area contributed by atoms with E-state index in [0.29, 0.717) is 17.9 Å². The maximum Gasteiger partial charge on any atom is 0.229 e. The van der Waals surface area contributed by atoms with Crippen molar-refractivity contribution in [3.63, 3.8) is 0 Å². The van der Waals surface area contributed by atoms with Gasteiger partial charge in [0.1, 0.15) is 0 Å². The minimum Gasteiger partial charge on any atom is -0.354 e. The van der Waals surface area contributed by atoms with Crippen molar-refractivity contribution in [1.82, 2.24) is 15.0 Å². The Kier molecular flexibility index (Phi) is 4.99. The third-order valence-corrected chi connectivity index (χ3v) is 3.28. The molecule has 0 radical (unpaired) electrons. The molecule has 0 atom stereocenters. The van der Waals surface area contributed by atoms with Crippen molar-refractivity contribution in [3.8, 4) is 0 Å². The van der Waals surface area contributed by atoms with Crippen molar-refractivity contribution in [2.24, 2.45) is 0 Å². The molecule has 18 heavy (non-hydrogen) atoms. The first-order chi connectivity index (χ1) is 8.78. The molecule has 6 heteroatoms. The highest BCUT2D eigenvalue weighted by Crippen LogP contribution is 2.21. The smallest absolute Gasteiger partial charge is 0.229 e. The quantitative estimate of drug-likeness (QED) is 0.777. The summed E-state index contributed by atoms with van der Waals surface area (Å²) in [5.74, 6) is 1.14. The zero-order valence-corrected chi connectivity index (χ0v) is 11.5. The van der Waals surface area contributed by atoms with Crippen molar-refractivity contribution in [3.05, 3.63) is 5.28 Å². The summed E-state index contributed by atoms with van der Waals surface area (Å²) in [5, 5.41) is 6.73. The van der Waals surface area contributed by atoms with E-state index >= 15 is 0 Å². The molecule has 1 aliphatic carbocycles. The number of nitrogens with zero attached hydrogens (tertiary/aromatic N) is 3. The lowest BCUT2D eigenvalue weighted by molar-refractivity contribution is 0.741. The monoisotopic (exact) mass is 269 g/mol. The van der Waals surface area contributed by atoms with Crippen LogP contribution in [0.3, 0.4) is 0 Å². The van der Waals surface area contributed by atoms with Gasteiger partial charge < -0.3 is 10.6 Å². The van der Waals surface area contributed by atoms with Gasteiger partial charge in [-0.25, -0.2) is 0 Å². The number of hydrogen-bond acceptors (Lipinski definition) is 5. The standard InChI is InChI=1S/C12H20ClN5/c1-2-3-8-14-11-16-10(13)17-12(18-11)15-9-6-4-5-7-9/h9H,2-8H2,1H3,(H2,14,15,16,17,18). The van der Waals surface area contributed by atoms with E-state index in [0.717, 1.165) is 19.4 Å². The summed E-state index contributed by atoms with van der Waals surface area (Å²) in [4.78, 5) is 12.5. The molecule has 1 aliphatic rings. The zero-order valence-electron chi connectivity index (χ0n) is 10.7. The lowest BCUT2D eigenvalue weighted by Gasteiger charge is -2.12. The zero-order chi connectivity index (χ0) is 12.8. The molecule has 1 aromatic heterocycles. The van der Waals surface area contributed by atoms with E-state index in [1.165, 1.54) is 25.7 Å². The van der Waals surface area contributed by atoms with E-state index in [9.17, 15) is 0 Å². The number of halogens is 1.